The molecule has 0 bridgehead atoms. The molecule has 34 heavy (non-hydrogen) atoms. The number of aromatic nitrogens is 5. The Labute approximate surface area is 193 Å². The molecular formula is C24H20FN7O2. The van der Waals surface area contributed by atoms with Crippen LogP contribution < -0.4 is 20.9 Å². The van der Waals surface area contributed by atoms with E-state index in [0.717, 1.165) is 5.56 Å². The van der Waals surface area contributed by atoms with Gasteiger partial charge >= 0.3 is 6.01 Å². The second kappa shape index (κ2) is 8.32. The van der Waals surface area contributed by atoms with Crippen molar-refractivity contribution >= 4 is 17.0 Å². The Morgan fingerprint density at radius 3 is 2.41 bits per heavy atom. The molecule has 0 saturated heterocycles. The summed E-state index contributed by atoms with van der Waals surface area (Å²) in [7, 11) is 1.53. The van der Waals surface area contributed by atoms with Crippen LogP contribution in [0.4, 0.5) is 15.9 Å². The van der Waals surface area contributed by atoms with Gasteiger partial charge in [0.25, 0.3) is 0 Å². The van der Waals surface area contributed by atoms with Crippen molar-refractivity contribution in [2.24, 2.45) is 0 Å². The topological polar surface area (TPSA) is 126 Å². The van der Waals surface area contributed by atoms with Crippen molar-refractivity contribution in [3.8, 4) is 39.9 Å². The molecule has 0 radical (unpaired) electrons. The van der Waals surface area contributed by atoms with Crippen molar-refractivity contribution in [3.63, 3.8) is 0 Å². The van der Waals surface area contributed by atoms with Gasteiger partial charge in [-0.15, -0.1) is 0 Å². The monoisotopic (exact) mass is 457 g/mol. The molecular weight excluding hydrogens is 437 g/mol. The Bertz CT molecular complexity index is 1520. The summed E-state index contributed by atoms with van der Waals surface area (Å²) in [4.78, 5) is 12.3. The maximum atomic E-state index is 15.2. The fraction of sp³-hybridized carbons (Fsp3) is 0.0833. The number of methoxy groups -OCH3 is 1. The number of ether oxygens (including phenoxy) is 2. The molecule has 0 aliphatic heterocycles. The quantitative estimate of drug-likeness (QED) is 0.375. The van der Waals surface area contributed by atoms with E-state index >= 15 is 4.39 Å². The number of halogens is 1. The zero-order valence-corrected chi connectivity index (χ0v) is 18.4. The zero-order chi connectivity index (χ0) is 23.8. The van der Waals surface area contributed by atoms with E-state index in [-0.39, 0.29) is 17.6 Å². The van der Waals surface area contributed by atoms with Gasteiger partial charge in [-0.05, 0) is 48.4 Å². The summed E-state index contributed by atoms with van der Waals surface area (Å²) >= 11 is 0. The van der Waals surface area contributed by atoms with E-state index in [4.69, 9.17) is 20.9 Å². The molecule has 0 amide bonds. The van der Waals surface area contributed by atoms with E-state index < -0.39 is 5.82 Å². The molecule has 0 unspecified atom stereocenters. The Kier molecular flexibility index (Phi) is 5.17. The SMILES string of the molecule is COc1c(-c2ccc(N)cc2)c(-c2ccc(Oc3nccc(C)n3)c(F)c2)c2c(N)ncnn12. The van der Waals surface area contributed by atoms with E-state index in [2.05, 4.69) is 20.1 Å². The Hall–Kier alpha value is -4.73. The van der Waals surface area contributed by atoms with Crippen LogP contribution in [-0.2, 0) is 0 Å². The van der Waals surface area contributed by atoms with E-state index in [1.165, 1.54) is 25.6 Å². The highest BCUT2D eigenvalue weighted by atomic mass is 19.1. The van der Waals surface area contributed by atoms with E-state index in [9.17, 15) is 0 Å². The van der Waals surface area contributed by atoms with Gasteiger partial charge in [0.05, 0.1) is 12.7 Å². The van der Waals surface area contributed by atoms with Gasteiger partial charge in [0.2, 0.25) is 5.88 Å². The predicted octanol–water partition coefficient (Wildman–Crippen LogP) is 4.27. The minimum absolute atomic E-state index is 0.0110. The first-order valence-corrected chi connectivity index (χ1v) is 10.3. The molecule has 2 aromatic carbocycles. The molecule has 5 rings (SSSR count). The number of nitrogen functional groups attached to an aromatic ring is 2. The van der Waals surface area contributed by atoms with Crippen molar-refractivity contribution in [1.82, 2.24) is 24.6 Å². The molecule has 4 N–H and O–H groups in total. The largest absolute Gasteiger partial charge is 0.480 e. The molecule has 0 aliphatic carbocycles. The van der Waals surface area contributed by atoms with Crippen LogP contribution in [0.3, 0.4) is 0 Å². The fourth-order valence-corrected chi connectivity index (χ4v) is 3.79. The average molecular weight is 457 g/mol. The number of rotatable bonds is 5. The van der Waals surface area contributed by atoms with Crippen LogP contribution in [0.15, 0.2) is 61.1 Å². The van der Waals surface area contributed by atoms with Crippen molar-refractivity contribution in [2.45, 2.75) is 6.92 Å². The van der Waals surface area contributed by atoms with Crippen LogP contribution in [0.5, 0.6) is 17.6 Å². The molecule has 0 saturated carbocycles. The molecule has 0 atom stereocenters. The van der Waals surface area contributed by atoms with Crippen LogP contribution in [0.25, 0.3) is 27.8 Å². The first kappa shape index (κ1) is 21.1. The van der Waals surface area contributed by atoms with Crippen molar-refractivity contribution < 1.29 is 13.9 Å². The Morgan fingerprint density at radius 1 is 0.941 bits per heavy atom. The van der Waals surface area contributed by atoms with E-state index in [1.54, 1.807) is 41.9 Å². The predicted molar refractivity (Wildman–Crippen MR) is 126 cm³/mol. The molecule has 0 spiro atoms. The maximum absolute atomic E-state index is 15.2. The normalized spacial score (nSPS) is 11.0. The standard InChI is InChI=1S/C24H20FN7O2/c1-13-9-10-28-24(31-13)34-18-8-5-15(11-17(18)25)19-20(14-3-6-16(26)7-4-14)23(33-2)32-21(19)22(27)29-12-30-32/h3-12H,26H2,1-2H3,(H2,27,29,30). The molecule has 9 nitrogen and oxygen atoms in total. The number of anilines is 2. The molecule has 3 heterocycles. The number of aryl methyl sites for hydroxylation is 1. The highest BCUT2D eigenvalue weighted by Crippen LogP contribution is 2.46. The molecule has 0 fully saturated rings. The molecule has 3 aromatic heterocycles. The molecule has 170 valence electrons. The van der Waals surface area contributed by atoms with Gasteiger partial charge in [-0.2, -0.15) is 9.61 Å². The molecule has 5 aromatic rings. The highest BCUT2D eigenvalue weighted by Gasteiger charge is 2.25. The van der Waals surface area contributed by atoms with Gasteiger partial charge in [-0.25, -0.2) is 19.3 Å². The van der Waals surface area contributed by atoms with E-state index in [1.807, 2.05) is 12.1 Å². The number of hydrogen-bond acceptors (Lipinski definition) is 8. The summed E-state index contributed by atoms with van der Waals surface area (Å²) in [6.07, 6.45) is 2.88. The summed E-state index contributed by atoms with van der Waals surface area (Å²) in [5, 5.41) is 4.31. The number of nitrogens with two attached hydrogens (primary N) is 2. The lowest BCUT2D eigenvalue weighted by atomic mass is 9.96. The van der Waals surface area contributed by atoms with E-state index in [0.29, 0.717) is 39.5 Å². The van der Waals surface area contributed by atoms with Crippen LogP contribution in [0.1, 0.15) is 5.69 Å². The summed E-state index contributed by atoms with van der Waals surface area (Å²) in [6, 6.07) is 13.6. The van der Waals surface area contributed by atoms with Crippen LogP contribution in [-0.4, -0.2) is 31.7 Å². The first-order valence-electron chi connectivity index (χ1n) is 10.3. The first-order chi connectivity index (χ1) is 16.5. The smallest absolute Gasteiger partial charge is 0.322 e. The zero-order valence-electron chi connectivity index (χ0n) is 18.4. The van der Waals surface area contributed by atoms with Crippen molar-refractivity contribution in [1.29, 1.82) is 0 Å². The van der Waals surface area contributed by atoms with Crippen LogP contribution in [0.2, 0.25) is 0 Å². The lowest BCUT2D eigenvalue weighted by molar-refractivity contribution is 0.389. The van der Waals surface area contributed by atoms with Gasteiger partial charge in [0, 0.05) is 23.1 Å². The second-order valence-corrected chi connectivity index (χ2v) is 7.51. The highest BCUT2D eigenvalue weighted by molar-refractivity contribution is 6.01. The Morgan fingerprint density at radius 2 is 1.71 bits per heavy atom. The van der Waals surface area contributed by atoms with Gasteiger partial charge < -0.3 is 20.9 Å². The van der Waals surface area contributed by atoms with Gasteiger partial charge in [0.15, 0.2) is 17.4 Å². The third kappa shape index (κ3) is 3.60. The fourth-order valence-electron chi connectivity index (χ4n) is 3.79. The Balaban J connectivity index is 1.71. The molecule has 10 heteroatoms. The minimum Gasteiger partial charge on any atom is -0.480 e. The maximum Gasteiger partial charge on any atom is 0.322 e. The van der Waals surface area contributed by atoms with Gasteiger partial charge in [0.1, 0.15) is 11.8 Å². The minimum atomic E-state index is -0.598. The summed E-state index contributed by atoms with van der Waals surface area (Å²) < 4.78 is 28.0. The third-order valence-corrected chi connectivity index (χ3v) is 5.30. The molecule has 0 aliphatic rings. The number of fused-ring (bicyclic) bond motifs is 1. The number of benzene rings is 2. The van der Waals surface area contributed by atoms with Crippen molar-refractivity contribution in [2.75, 3.05) is 18.6 Å². The van der Waals surface area contributed by atoms with Gasteiger partial charge in [-0.1, -0.05) is 18.2 Å². The summed E-state index contributed by atoms with van der Waals surface area (Å²) in [6.45, 7) is 1.80. The lowest BCUT2D eigenvalue weighted by Crippen LogP contribution is -2.01. The van der Waals surface area contributed by atoms with Crippen LogP contribution in [0, 0.1) is 12.7 Å². The van der Waals surface area contributed by atoms with Crippen molar-refractivity contribution in [3.05, 3.63) is 72.6 Å². The number of hydrogen-bond donors (Lipinski definition) is 2. The van der Waals surface area contributed by atoms with Crippen LogP contribution >= 0.6 is 0 Å². The summed E-state index contributed by atoms with van der Waals surface area (Å²) in [5.74, 6) is 0.0411. The van der Waals surface area contributed by atoms with Gasteiger partial charge in [-0.3, -0.25) is 0 Å². The lowest BCUT2D eigenvalue weighted by Gasteiger charge is -2.10. The third-order valence-electron chi connectivity index (χ3n) is 5.30. The summed E-state index contributed by atoms with van der Waals surface area (Å²) in [5.41, 5.74) is 16.5. The average Bonchev–Trinajstić information content (AvgIpc) is 3.16. The number of nitrogens with zero attached hydrogens (tertiary/aromatic N) is 5. The second-order valence-electron chi connectivity index (χ2n) is 7.51.